The van der Waals surface area contributed by atoms with Gasteiger partial charge in [-0.25, -0.2) is 4.99 Å². The Morgan fingerprint density at radius 3 is 2.19 bits per heavy atom. The van der Waals surface area contributed by atoms with Gasteiger partial charge in [0, 0.05) is 18.1 Å². The van der Waals surface area contributed by atoms with Crippen molar-refractivity contribution in [1.29, 1.82) is 0 Å². The first kappa shape index (κ1) is 17.9. The van der Waals surface area contributed by atoms with Crippen LogP contribution in [0.2, 0.25) is 0 Å². The molecule has 0 radical (unpaired) electrons. The highest BCUT2D eigenvalue weighted by Crippen LogP contribution is 2.38. The number of hydrogen-bond acceptors (Lipinski definition) is 4. The van der Waals surface area contributed by atoms with Gasteiger partial charge in [0.2, 0.25) is 11.5 Å². The number of rotatable bonds is 6. The van der Waals surface area contributed by atoms with Gasteiger partial charge in [-0.3, -0.25) is 0 Å². The minimum Gasteiger partial charge on any atom is -0.497 e. The Morgan fingerprint density at radius 2 is 1.58 bits per heavy atom. The largest absolute Gasteiger partial charge is 0.497 e. The van der Waals surface area contributed by atoms with Crippen LogP contribution < -0.4 is 23.9 Å². The van der Waals surface area contributed by atoms with Crippen molar-refractivity contribution in [1.82, 2.24) is 0 Å². The summed E-state index contributed by atoms with van der Waals surface area (Å²) in [6.07, 6.45) is 5.09. The number of allylic oxidation sites excluding steroid dienone is 1. The van der Waals surface area contributed by atoms with E-state index in [1.54, 1.807) is 28.4 Å². The zero-order valence-corrected chi connectivity index (χ0v) is 15.6. The highest BCUT2D eigenvalue weighted by molar-refractivity contribution is 6.08. The van der Waals surface area contributed by atoms with E-state index in [1.807, 2.05) is 24.3 Å². The fourth-order valence-electron chi connectivity index (χ4n) is 3.12. The topological polar surface area (TPSA) is 50.9 Å². The van der Waals surface area contributed by atoms with E-state index in [1.165, 1.54) is 11.1 Å². The molecule has 0 amide bonds. The fourth-order valence-corrected chi connectivity index (χ4v) is 3.12. The van der Waals surface area contributed by atoms with Crippen molar-refractivity contribution in [3.05, 3.63) is 53.1 Å². The van der Waals surface area contributed by atoms with E-state index < -0.39 is 0 Å². The third kappa shape index (κ3) is 3.52. The molecule has 0 bridgehead atoms. The summed E-state index contributed by atoms with van der Waals surface area (Å²) in [4.78, 5) is 3.46. The van der Waals surface area contributed by atoms with Crippen LogP contribution in [0.15, 0.2) is 36.4 Å². The third-order valence-corrected chi connectivity index (χ3v) is 4.44. The molecule has 0 unspecified atom stereocenters. The van der Waals surface area contributed by atoms with Crippen LogP contribution in [0.4, 0.5) is 0 Å². The maximum atomic E-state index is 5.42. The molecular weight excluding hydrogens is 330 g/mol. The Labute approximate surface area is 153 Å². The second kappa shape index (κ2) is 7.95. The summed E-state index contributed by atoms with van der Waals surface area (Å²) in [6.45, 7) is 0.898. The first-order valence-corrected chi connectivity index (χ1v) is 8.46. The average molecular weight is 354 g/mol. The molecule has 1 heterocycles. The van der Waals surface area contributed by atoms with Crippen molar-refractivity contribution in [2.45, 2.75) is 6.42 Å². The van der Waals surface area contributed by atoms with Crippen molar-refractivity contribution in [2.75, 3.05) is 35.0 Å². The number of ether oxygens (including phenoxy) is 4. The van der Waals surface area contributed by atoms with Crippen LogP contribution in [-0.4, -0.2) is 40.7 Å². The summed E-state index contributed by atoms with van der Waals surface area (Å²) < 4.78 is 21.5. The lowest BCUT2D eigenvalue weighted by atomic mass is 9.96. The van der Waals surface area contributed by atoms with Gasteiger partial charge in [-0.1, -0.05) is 0 Å². The molecule has 0 atom stereocenters. The standard InChI is InChI=1S/C21H23NO4/c1-23-16-6-7-17-15(13-16)9-10-22-18(17)8-5-14-11-19(24-2)21(26-4)20(12-14)25-3/h5-8,11-13H,9-10H2,1-4H3/p+1/b8-5+. The number of fused-ring (bicyclic) bond motifs is 1. The van der Waals surface area contributed by atoms with Crippen LogP contribution in [0.3, 0.4) is 0 Å². The Bertz CT molecular complexity index is 830. The van der Waals surface area contributed by atoms with E-state index in [2.05, 4.69) is 23.2 Å². The highest BCUT2D eigenvalue weighted by Gasteiger charge is 2.18. The van der Waals surface area contributed by atoms with Crippen LogP contribution in [0.25, 0.3) is 6.08 Å². The van der Waals surface area contributed by atoms with Crippen LogP contribution in [0.1, 0.15) is 16.7 Å². The monoisotopic (exact) mass is 354 g/mol. The van der Waals surface area contributed by atoms with Crippen LogP contribution >= 0.6 is 0 Å². The maximum Gasteiger partial charge on any atom is 0.205 e. The van der Waals surface area contributed by atoms with E-state index >= 15 is 0 Å². The predicted molar refractivity (Wildman–Crippen MR) is 102 cm³/mol. The molecule has 26 heavy (non-hydrogen) atoms. The lowest BCUT2D eigenvalue weighted by Gasteiger charge is -2.13. The molecule has 2 aromatic carbocycles. The first-order valence-electron chi connectivity index (χ1n) is 8.46. The van der Waals surface area contributed by atoms with Gasteiger partial charge >= 0.3 is 0 Å². The molecule has 136 valence electrons. The zero-order chi connectivity index (χ0) is 18.5. The summed E-state index contributed by atoms with van der Waals surface area (Å²) in [5.41, 5.74) is 4.53. The smallest absolute Gasteiger partial charge is 0.205 e. The SMILES string of the molecule is COc1ccc2c(c1)CC[NH+]=C2/C=C/c1cc(OC)c(OC)c(OC)c1. The minimum absolute atomic E-state index is 0.591. The van der Waals surface area contributed by atoms with E-state index in [9.17, 15) is 0 Å². The molecule has 5 heteroatoms. The first-order chi connectivity index (χ1) is 12.7. The van der Waals surface area contributed by atoms with Crippen LogP contribution in [0, 0.1) is 0 Å². The van der Waals surface area contributed by atoms with Gasteiger partial charge in [0.25, 0.3) is 0 Å². The second-order valence-electron chi connectivity index (χ2n) is 5.91. The number of nitrogens with one attached hydrogen (secondary N) is 1. The number of hydrogen-bond donors (Lipinski definition) is 1. The normalized spacial score (nSPS) is 13.2. The fraction of sp³-hybridized carbons (Fsp3) is 0.286. The number of methoxy groups -OCH3 is 4. The second-order valence-corrected chi connectivity index (χ2v) is 5.91. The van der Waals surface area contributed by atoms with E-state index in [-0.39, 0.29) is 0 Å². The summed E-state index contributed by atoms with van der Waals surface area (Å²) >= 11 is 0. The van der Waals surface area contributed by atoms with E-state index in [4.69, 9.17) is 18.9 Å². The zero-order valence-electron chi connectivity index (χ0n) is 15.6. The lowest BCUT2D eigenvalue weighted by Crippen LogP contribution is -2.75. The Morgan fingerprint density at radius 1 is 0.846 bits per heavy atom. The molecule has 5 nitrogen and oxygen atoms in total. The molecule has 0 fully saturated rings. The molecule has 0 aliphatic carbocycles. The molecule has 0 spiro atoms. The summed E-state index contributed by atoms with van der Waals surface area (Å²) in [5.74, 6) is 2.75. The van der Waals surface area contributed by atoms with Crippen LogP contribution in [0.5, 0.6) is 23.0 Å². The third-order valence-electron chi connectivity index (χ3n) is 4.44. The van der Waals surface area contributed by atoms with Gasteiger partial charge in [0.15, 0.2) is 11.5 Å². The van der Waals surface area contributed by atoms with Crippen molar-refractivity contribution < 1.29 is 23.9 Å². The summed E-state index contributed by atoms with van der Waals surface area (Å²) in [5, 5.41) is 0. The van der Waals surface area contributed by atoms with Gasteiger partial charge in [0.1, 0.15) is 12.3 Å². The van der Waals surface area contributed by atoms with Crippen molar-refractivity contribution in [3.63, 3.8) is 0 Å². The maximum absolute atomic E-state index is 5.42. The Hall–Kier alpha value is -2.95. The summed E-state index contributed by atoms with van der Waals surface area (Å²) in [6, 6.07) is 10.0. The quantitative estimate of drug-likeness (QED) is 0.860. The van der Waals surface area contributed by atoms with Crippen molar-refractivity contribution in [3.8, 4) is 23.0 Å². The van der Waals surface area contributed by atoms with Crippen molar-refractivity contribution >= 4 is 11.8 Å². The van der Waals surface area contributed by atoms with Gasteiger partial charge in [0.05, 0.1) is 28.4 Å². The van der Waals surface area contributed by atoms with Crippen molar-refractivity contribution in [2.24, 2.45) is 0 Å². The lowest BCUT2D eigenvalue weighted by molar-refractivity contribution is -0.456. The van der Waals surface area contributed by atoms with E-state index in [0.717, 1.165) is 30.0 Å². The molecule has 3 rings (SSSR count). The van der Waals surface area contributed by atoms with Crippen LogP contribution in [-0.2, 0) is 6.42 Å². The molecule has 1 N–H and O–H groups in total. The molecule has 0 saturated carbocycles. The van der Waals surface area contributed by atoms with Gasteiger partial charge in [-0.15, -0.1) is 0 Å². The average Bonchev–Trinajstić information content (AvgIpc) is 2.70. The Balaban J connectivity index is 1.93. The predicted octanol–water partition coefficient (Wildman–Crippen LogP) is 1.86. The molecule has 0 aromatic heterocycles. The molecule has 1 aliphatic rings. The van der Waals surface area contributed by atoms with Gasteiger partial charge < -0.3 is 18.9 Å². The van der Waals surface area contributed by atoms with E-state index in [0.29, 0.717) is 17.2 Å². The van der Waals surface area contributed by atoms with Gasteiger partial charge in [-0.05, 0) is 47.5 Å². The minimum atomic E-state index is 0.591. The summed E-state index contributed by atoms with van der Waals surface area (Å²) in [7, 11) is 6.53. The molecule has 1 aliphatic heterocycles. The van der Waals surface area contributed by atoms with Gasteiger partial charge in [-0.2, -0.15) is 0 Å². The molecule has 0 saturated heterocycles. The Kier molecular flexibility index (Phi) is 5.46. The highest BCUT2D eigenvalue weighted by atomic mass is 16.5. The molecular formula is C21H24NO4+. The molecule has 2 aromatic rings. The number of benzene rings is 2.